The predicted molar refractivity (Wildman–Crippen MR) is 189 cm³/mol. The highest BCUT2D eigenvalue weighted by Crippen LogP contribution is 2.26. The summed E-state index contributed by atoms with van der Waals surface area (Å²) in [6, 6.07) is 19.1. The van der Waals surface area contributed by atoms with Crippen LogP contribution in [0.2, 0.25) is 0 Å². The van der Waals surface area contributed by atoms with Gasteiger partial charge in [-0.15, -0.1) is 0 Å². The Morgan fingerprint density at radius 1 is 0.920 bits per heavy atom. The van der Waals surface area contributed by atoms with E-state index in [1.54, 1.807) is 35.7 Å². The van der Waals surface area contributed by atoms with E-state index in [4.69, 9.17) is 10.6 Å². The van der Waals surface area contributed by atoms with Gasteiger partial charge in [-0.3, -0.25) is 19.8 Å². The monoisotopic (exact) mass is 695 g/mol. The standard InChI is InChI=1S/C37H37N5O7S/c1-22-14-23(2)16-27(15-22)35(46)41(3)32(17-24-8-10-25(11-9-24)26-12-13-50-21-26)36(47)42(37(48)49-20-33(43)44)31(34(45)40-38)18-28-19-39-30-7-5-4-6-29(28)30/h4-16,19,21,31-32,39H,17-18,20,38H2,1-3H3,(H,40,45)(H,43,44)/t31-,32-/m0/s1. The molecule has 50 heavy (non-hydrogen) atoms. The van der Waals surface area contributed by atoms with Crippen LogP contribution in [0.15, 0.2) is 89.8 Å². The first-order chi connectivity index (χ1) is 24.0. The number of aromatic nitrogens is 1. The van der Waals surface area contributed by atoms with E-state index in [-0.39, 0.29) is 12.8 Å². The third kappa shape index (κ3) is 8.08. The number of carboxylic acid groups (broad SMARTS) is 1. The van der Waals surface area contributed by atoms with Crippen LogP contribution >= 0.6 is 11.3 Å². The fourth-order valence-corrected chi connectivity index (χ4v) is 6.61. The van der Waals surface area contributed by atoms with Crippen LogP contribution in [-0.2, 0) is 32.0 Å². The number of nitrogens with one attached hydrogen (secondary N) is 2. The van der Waals surface area contributed by atoms with Crippen molar-refractivity contribution >= 4 is 52.0 Å². The van der Waals surface area contributed by atoms with Crippen LogP contribution in [-0.4, -0.2) is 75.4 Å². The second-order valence-corrected chi connectivity index (χ2v) is 12.7. The predicted octanol–water partition coefficient (Wildman–Crippen LogP) is 4.85. The van der Waals surface area contributed by atoms with E-state index in [0.29, 0.717) is 21.6 Å². The average Bonchev–Trinajstić information content (AvgIpc) is 3.79. The minimum Gasteiger partial charge on any atom is -0.479 e. The molecule has 258 valence electrons. The zero-order valence-corrected chi connectivity index (χ0v) is 28.5. The molecule has 13 heteroatoms. The van der Waals surface area contributed by atoms with E-state index in [0.717, 1.165) is 33.2 Å². The molecule has 2 aromatic heterocycles. The smallest absolute Gasteiger partial charge is 0.417 e. The number of hydrazine groups is 1. The minimum absolute atomic E-state index is 0.0530. The normalized spacial score (nSPS) is 12.2. The van der Waals surface area contributed by atoms with Crippen LogP contribution in [0.1, 0.15) is 32.6 Å². The molecule has 0 aliphatic rings. The van der Waals surface area contributed by atoms with E-state index in [1.165, 1.54) is 11.9 Å². The van der Waals surface area contributed by atoms with Gasteiger partial charge in [-0.2, -0.15) is 11.3 Å². The van der Waals surface area contributed by atoms with E-state index < -0.39 is 48.5 Å². The number of thiophene rings is 1. The number of hydrogen-bond acceptors (Lipinski definition) is 8. The molecular formula is C37H37N5O7S. The molecular weight excluding hydrogens is 659 g/mol. The average molecular weight is 696 g/mol. The summed E-state index contributed by atoms with van der Waals surface area (Å²) in [5, 5.41) is 14.0. The maximum absolute atomic E-state index is 14.8. The quantitative estimate of drug-likeness (QED) is 0.0814. The number of amides is 4. The lowest BCUT2D eigenvalue weighted by Gasteiger charge is -2.34. The fraction of sp³-hybridized carbons (Fsp3) is 0.216. The number of H-pyrrole nitrogens is 1. The lowest BCUT2D eigenvalue weighted by molar-refractivity contribution is -0.145. The molecule has 0 radical (unpaired) electrons. The Labute approximate surface area is 292 Å². The van der Waals surface area contributed by atoms with E-state index >= 15 is 0 Å². The number of para-hydroxylation sites is 1. The van der Waals surface area contributed by atoms with Gasteiger partial charge >= 0.3 is 12.1 Å². The minimum atomic E-state index is -1.58. The number of carbonyl (C=O) groups is 5. The van der Waals surface area contributed by atoms with E-state index in [2.05, 4.69) is 4.98 Å². The highest BCUT2D eigenvalue weighted by atomic mass is 32.1. The molecule has 0 aliphatic carbocycles. The van der Waals surface area contributed by atoms with Gasteiger partial charge in [-0.1, -0.05) is 59.7 Å². The Balaban J connectivity index is 1.58. The first-order valence-corrected chi connectivity index (χ1v) is 16.6. The second kappa shape index (κ2) is 15.6. The van der Waals surface area contributed by atoms with Crippen LogP contribution in [0.3, 0.4) is 0 Å². The zero-order valence-electron chi connectivity index (χ0n) is 27.7. The maximum Gasteiger partial charge on any atom is 0.417 e. The first kappa shape index (κ1) is 35.5. The van der Waals surface area contributed by atoms with Crippen molar-refractivity contribution in [1.82, 2.24) is 20.2 Å². The van der Waals surface area contributed by atoms with Crippen molar-refractivity contribution in [3.05, 3.63) is 118 Å². The summed E-state index contributed by atoms with van der Waals surface area (Å²) in [6.45, 7) is 2.63. The van der Waals surface area contributed by atoms with Crippen molar-refractivity contribution in [3.8, 4) is 11.1 Å². The highest BCUT2D eigenvalue weighted by Gasteiger charge is 2.42. The first-order valence-electron chi connectivity index (χ1n) is 15.7. The Bertz CT molecular complexity index is 2000. The number of aliphatic carboxylic acids is 1. The van der Waals surface area contributed by atoms with Gasteiger partial charge < -0.3 is 19.7 Å². The van der Waals surface area contributed by atoms with Gasteiger partial charge in [0, 0.05) is 42.6 Å². The number of nitrogens with two attached hydrogens (primary N) is 1. The number of carboxylic acids is 1. The SMILES string of the molecule is Cc1cc(C)cc(C(=O)N(C)[C@@H](Cc2ccc(-c3ccsc3)cc2)C(=O)N(C(=O)OCC(=O)O)[C@@H](Cc2c[nH]c3ccccc23)C(=O)NN)c1. The summed E-state index contributed by atoms with van der Waals surface area (Å²) >= 11 is 1.56. The number of carbonyl (C=O) groups excluding carboxylic acids is 4. The van der Waals surface area contributed by atoms with Gasteiger partial charge in [-0.05, 0) is 71.1 Å². The van der Waals surface area contributed by atoms with Crippen molar-refractivity contribution in [1.29, 1.82) is 0 Å². The highest BCUT2D eigenvalue weighted by molar-refractivity contribution is 7.08. The molecule has 0 bridgehead atoms. The van der Waals surface area contributed by atoms with E-state index in [9.17, 15) is 29.1 Å². The Kier molecular flexibility index (Phi) is 11.1. The third-order valence-corrected chi connectivity index (χ3v) is 9.06. The number of rotatable bonds is 12. The van der Waals surface area contributed by atoms with Crippen molar-refractivity contribution in [3.63, 3.8) is 0 Å². The molecule has 0 aliphatic heterocycles. The van der Waals surface area contributed by atoms with Gasteiger partial charge in [0.05, 0.1) is 0 Å². The molecule has 0 unspecified atom stereocenters. The number of aryl methyl sites for hydroxylation is 2. The molecule has 3 aromatic carbocycles. The summed E-state index contributed by atoms with van der Waals surface area (Å²) < 4.78 is 5.02. The van der Waals surface area contributed by atoms with Gasteiger partial charge in [0.2, 0.25) is 0 Å². The number of aromatic amines is 1. The van der Waals surface area contributed by atoms with Crippen molar-refractivity contribution in [2.75, 3.05) is 13.7 Å². The van der Waals surface area contributed by atoms with Crippen LogP contribution in [0.25, 0.3) is 22.0 Å². The molecule has 5 aromatic rings. The Morgan fingerprint density at radius 3 is 2.26 bits per heavy atom. The molecule has 4 amide bonds. The topological polar surface area (TPSA) is 175 Å². The van der Waals surface area contributed by atoms with Crippen LogP contribution in [0, 0.1) is 13.8 Å². The number of ether oxygens (including phenoxy) is 1. The summed E-state index contributed by atoms with van der Waals surface area (Å²) in [5.41, 5.74) is 8.01. The van der Waals surface area contributed by atoms with E-state index in [1.807, 2.05) is 84.6 Å². The van der Waals surface area contributed by atoms with Gasteiger partial charge in [0.1, 0.15) is 12.1 Å². The van der Waals surface area contributed by atoms with Crippen molar-refractivity contribution in [2.45, 2.75) is 38.8 Å². The number of hydrogen-bond donors (Lipinski definition) is 4. The largest absolute Gasteiger partial charge is 0.479 e. The number of fused-ring (bicyclic) bond motifs is 1. The number of likely N-dealkylation sites (N-methyl/N-ethyl adjacent to an activating group) is 1. The molecule has 0 fully saturated rings. The summed E-state index contributed by atoms with van der Waals surface area (Å²) in [6.07, 6.45) is 0.0193. The number of nitrogens with zero attached hydrogens (tertiary/aromatic N) is 2. The van der Waals surface area contributed by atoms with Gasteiger partial charge in [-0.25, -0.2) is 20.3 Å². The lowest BCUT2D eigenvalue weighted by atomic mass is 9.98. The van der Waals surface area contributed by atoms with Crippen LogP contribution in [0.5, 0.6) is 0 Å². The second-order valence-electron chi connectivity index (χ2n) is 12.0. The van der Waals surface area contributed by atoms with Crippen molar-refractivity contribution in [2.24, 2.45) is 5.84 Å². The molecule has 2 heterocycles. The van der Waals surface area contributed by atoms with Crippen molar-refractivity contribution < 1.29 is 33.8 Å². The summed E-state index contributed by atoms with van der Waals surface area (Å²) in [5.74, 6) is 1.75. The molecule has 5 rings (SSSR count). The Hall–Kier alpha value is -5.79. The van der Waals surface area contributed by atoms with Gasteiger partial charge in [0.25, 0.3) is 17.7 Å². The molecule has 12 nitrogen and oxygen atoms in total. The fourth-order valence-electron chi connectivity index (χ4n) is 5.95. The summed E-state index contributed by atoms with van der Waals surface area (Å²) in [4.78, 5) is 72.3. The number of imide groups is 1. The molecule has 0 saturated carbocycles. The molecule has 0 spiro atoms. The van der Waals surface area contributed by atoms with Gasteiger partial charge in [0.15, 0.2) is 6.61 Å². The lowest BCUT2D eigenvalue weighted by Crippen LogP contribution is -2.60. The van der Waals surface area contributed by atoms with Crippen LogP contribution < -0.4 is 11.3 Å². The molecule has 0 saturated heterocycles. The van der Waals surface area contributed by atoms with Crippen LogP contribution in [0.4, 0.5) is 4.79 Å². The maximum atomic E-state index is 14.8. The summed E-state index contributed by atoms with van der Waals surface area (Å²) in [7, 11) is 1.45. The molecule has 2 atom stereocenters. The molecule has 5 N–H and O–H groups in total. The Morgan fingerprint density at radius 2 is 1.62 bits per heavy atom. The third-order valence-electron chi connectivity index (χ3n) is 8.38. The zero-order chi connectivity index (χ0) is 35.9. The number of benzene rings is 3.